The highest BCUT2D eigenvalue weighted by atomic mass is 32.2. The summed E-state index contributed by atoms with van der Waals surface area (Å²) in [5.74, 6) is -0.748. The van der Waals surface area contributed by atoms with Gasteiger partial charge in [-0.25, -0.2) is 8.42 Å². The Labute approximate surface area is 144 Å². The first-order chi connectivity index (χ1) is 11.7. The molecule has 3 rings (SSSR count). The second kappa shape index (κ2) is 6.01. The van der Waals surface area contributed by atoms with Crippen molar-refractivity contribution in [3.63, 3.8) is 0 Å². The summed E-state index contributed by atoms with van der Waals surface area (Å²) < 4.78 is 27.4. The molecule has 0 aromatic carbocycles. The van der Waals surface area contributed by atoms with Crippen LogP contribution in [0.3, 0.4) is 0 Å². The summed E-state index contributed by atoms with van der Waals surface area (Å²) in [5, 5.41) is 4.84. The van der Waals surface area contributed by atoms with Crippen molar-refractivity contribution in [3.05, 3.63) is 21.7 Å². The van der Waals surface area contributed by atoms with Gasteiger partial charge in [0.05, 0.1) is 0 Å². The second-order valence-corrected chi connectivity index (χ2v) is 9.12. The van der Waals surface area contributed by atoms with Crippen LogP contribution in [0.15, 0.2) is 9.32 Å². The third-order valence-corrected chi connectivity index (χ3v) is 6.95. The molecule has 2 N–H and O–H groups in total. The van der Waals surface area contributed by atoms with Gasteiger partial charge in [0.15, 0.2) is 14.6 Å². The molecule has 1 aliphatic carbocycles. The number of carbonyl (C=O) groups excluding carboxylic acids is 2. The molecule has 1 unspecified atom stereocenters. The van der Waals surface area contributed by atoms with Crippen molar-refractivity contribution in [2.24, 2.45) is 0 Å². The van der Waals surface area contributed by atoms with E-state index in [9.17, 15) is 22.8 Å². The van der Waals surface area contributed by atoms with Gasteiger partial charge in [-0.05, 0) is 32.6 Å². The van der Waals surface area contributed by atoms with Crippen molar-refractivity contribution in [1.29, 1.82) is 0 Å². The zero-order valence-electron chi connectivity index (χ0n) is 14.1. The van der Waals surface area contributed by atoms with Crippen LogP contribution in [0.2, 0.25) is 0 Å². The highest BCUT2D eigenvalue weighted by Gasteiger charge is 2.60. The number of nitrogens with zero attached hydrogens (tertiary/aromatic N) is 1. The number of aryl methyl sites for hydroxylation is 1. The van der Waals surface area contributed by atoms with Crippen molar-refractivity contribution in [2.75, 3.05) is 19.3 Å². The lowest BCUT2D eigenvalue weighted by molar-refractivity contribution is -0.132. The molecule has 0 radical (unpaired) electrons. The normalized spacial score (nSPS) is 22.5. The molecule has 2 heterocycles. The van der Waals surface area contributed by atoms with Gasteiger partial charge in [0.1, 0.15) is 11.3 Å². The molecule has 0 spiro atoms. The van der Waals surface area contributed by atoms with Gasteiger partial charge in [-0.1, -0.05) is 0 Å². The van der Waals surface area contributed by atoms with E-state index in [1.165, 1.54) is 11.8 Å². The van der Waals surface area contributed by atoms with E-state index in [0.717, 1.165) is 6.26 Å². The van der Waals surface area contributed by atoms with Gasteiger partial charge in [-0.15, -0.1) is 0 Å². The Kier molecular flexibility index (Phi) is 4.26. The summed E-state index contributed by atoms with van der Waals surface area (Å²) in [5.41, 5.74) is -0.689. The summed E-state index contributed by atoms with van der Waals surface area (Å²) >= 11 is 0. The van der Waals surface area contributed by atoms with E-state index in [1.807, 2.05) is 0 Å². The summed E-state index contributed by atoms with van der Waals surface area (Å²) in [4.78, 5) is 38.0. The number of likely N-dealkylation sites (tertiary alicyclic amines) is 1. The quantitative estimate of drug-likeness (QED) is 0.739. The molecule has 2 fully saturated rings. The van der Waals surface area contributed by atoms with Gasteiger partial charge in [0.25, 0.3) is 11.5 Å². The van der Waals surface area contributed by atoms with Gasteiger partial charge in [0, 0.05) is 25.4 Å². The first-order valence-electron chi connectivity index (χ1n) is 8.13. The molecule has 9 nitrogen and oxygen atoms in total. The van der Waals surface area contributed by atoms with Crippen LogP contribution < -0.4 is 10.9 Å². The minimum Gasteiger partial charge on any atom is -0.383 e. The van der Waals surface area contributed by atoms with Crippen LogP contribution in [0.4, 0.5) is 0 Å². The monoisotopic (exact) mass is 371 g/mol. The smallest absolute Gasteiger partial charge is 0.293 e. The number of aromatic nitrogens is 1. The minimum atomic E-state index is -3.46. The number of aromatic amines is 1. The average molecular weight is 371 g/mol. The summed E-state index contributed by atoms with van der Waals surface area (Å²) in [6.07, 6.45) is 3.09. The molecule has 138 valence electrons. The number of nitrogens with one attached hydrogen (secondary N) is 2. The van der Waals surface area contributed by atoms with Crippen molar-refractivity contribution in [3.8, 4) is 0 Å². The van der Waals surface area contributed by atoms with Crippen molar-refractivity contribution in [2.45, 2.75) is 43.4 Å². The van der Waals surface area contributed by atoms with Gasteiger partial charge >= 0.3 is 0 Å². The lowest BCUT2D eigenvalue weighted by Crippen LogP contribution is -2.54. The van der Waals surface area contributed by atoms with Crippen LogP contribution >= 0.6 is 0 Å². The highest BCUT2D eigenvalue weighted by Crippen LogP contribution is 2.45. The van der Waals surface area contributed by atoms with Gasteiger partial charge in [-0.3, -0.25) is 14.4 Å². The Hall–Kier alpha value is -2.10. The Morgan fingerprint density at radius 3 is 2.56 bits per heavy atom. The number of carbonyl (C=O) groups is 2. The van der Waals surface area contributed by atoms with E-state index >= 15 is 0 Å². The Balaban J connectivity index is 1.69. The summed E-state index contributed by atoms with van der Waals surface area (Å²) in [6, 6.07) is -0.339. The molecule has 1 aliphatic heterocycles. The third kappa shape index (κ3) is 3.10. The largest absolute Gasteiger partial charge is 0.383 e. The van der Waals surface area contributed by atoms with Crippen molar-refractivity contribution < 1.29 is 22.5 Å². The maximum atomic E-state index is 12.7. The van der Waals surface area contributed by atoms with Gasteiger partial charge < -0.3 is 14.7 Å². The zero-order chi connectivity index (χ0) is 18.4. The zero-order valence-corrected chi connectivity index (χ0v) is 14.9. The van der Waals surface area contributed by atoms with Gasteiger partial charge in [-0.2, -0.15) is 5.16 Å². The molecule has 1 aromatic rings. The van der Waals surface area contributed by atoms with Crippen LogP contribution in [-0.4, -0.2) is 60.4 Å². The maximum Gasteiger partial charge on any atom is 0.293 e. The second-order valence-electron chi connectivity index (χ2n) is 6.79. The number of amides is 2. The lowest BCUT2D eigenvalue weighted by Gasteiger charge is -2.35. The molecule has 2 aliphatic rings. The van der Waals surface area contributed by atoms with Crippen LogP contribution in [0, 0.1) is 6.92 Å². The maximum absolute atomic E-state index is 12.7. The third-order valence-electron chi connectivity index (χ3n) is 4.95. The standard InChI is InChI=1S/C15H21N3O6S/c1-9-11(13(20)17-24-9)12(19)16-10-4-3-7-18(8-10)14(21)15(5-6-15)25(2,22)23/h10H,3-8H2,1-2H3,(H,16,19)(H,17,20). The first kappa shape index (κ1) is 17.7. The molecule has 10 heteroatoms. The topological polar surface area (TPSA) is 130 Å². The lowest BCUT2D eigenvalue weighted by atomic mass is 10.0. The van der Waals surface area contributed by atoms with Crippen molar-refractivity contribution in [1.82, 2.24) is 15.4 Å². The number of sulfone groups is 1. The van der Waals surface area contributed by atoms with Crippen molar-refractivity contribution >= 4 is 21.7 Å². The number of hydrogen-bond acceptors (Lipinski definition) is 6. The van der Waals surface area contributed by atoms with Crippen LogP contribution in [0.25, 0.3) is 0 Å². The van der Waals surface area contributed by atoms with Crippen LogP contribution in [-0.2, 0) is 14.6 Å². The fraction of sp³-hybridized carbons (Fsp3) is 0.667. The highest BCUT2D eigenvalue weighted by molar-refractivity contribution is 7.93. The molecule has 25 heavy (non-hydrogen) atoms. The van der Waals surface area contributed by atoms with Crippen LogP contribution in [0.1, 0.15) is 41.8 Å². The molecule has 0 bridgehead atoms. The molecule has 1 saturated heterocycles. The Morgan fingerprint density at radius 1 is 1.36 bits per heavy atom. The number of hydrogen-bond donors (Lipinski definition) is 2. The molecular weight excluding hydrogens is 350 g/mol. The number of H-pyrrole nitrogens is 1. The number of piperidine rings is 1. The SMILES string of the molecule is Cc1o[nH]c(=O)c1C(=O)NC1CCCN(C(=O)C2(S(C)(=O)=O)CC2)C1. The summed E-state index contributed by atoms with van der Waals surface area (Å²) in [7, 11) is -3.46. The molecule has 1 saturated carbocycles. The predicted molar refractivity (Wildman–Crippen MR) is 87.9 cm³/mol. The molecule has 1 atom stereocenters. The van der Waals surface area contributed by atoms with E-state index in [1.54, 1.807) is 0 Å². The average Bonchev–Trinajstić information content (AvgIpc) is 3.28. The van der Waals surface area contributed by atoms with E-state index < -0.39 is 26.1 Å². The van der Waals surface area contributed by atoms with E-state index in [4.69, 9.17) is 4.52 Å². The number of rotatable bonds is 4. The van der Waals surface area contributed by atoms with E-state index in [0.29, 0.717) is 32.2 Å². The molecule has 2 amide bonds. The van der Waals surface area contributed by atoms with Crippen LogP contribution in [0.5, 0.6) is 0 Å². The minimum absolute atomic E-state index is 0.0850. The van der Waals surface area contributed by atoms with Gasteiger partial charge in [0.2, 0.25) is 5.91 Å². The molecular formula is C15H21N3O6S. The Bertz CT molecular complexity index is 864. The Morgan fingerprint density at radius 2 is 2.04 bits per heavy atom. The van der Waals surface area contributed by atoms with E-state index in [-0.39, 0.29) is 29.8 Å². The summed E-state index contributed by atoms with van der Waals surface area (Å²) in [6.45, 7) is 2.21. The predicted octanol–water partition coefficient (Wildman–Crippen LogP) is -0.426. The van der Waals surface area contributed by atoms with E-state index in [2.05, 4.69) is 10.5 Å². The fourth-order valence-corrected chi connectivity index (χ4v) is 4.62. The fourth-order valence-electron chi connectivity index (χ4n) is 3.33. The molecule has 1 aromatic heterocycles. The first-order valence-corrected chi connectivity index (χ1v) is 10.0.